The van der Waals surface area contributed by atoms with Crippen molar-refractivity contribution in [2.24, 2.45) is 0 Å². The van der Waals surface area contributed by atoms with Gasteiger partial charge in [-0.05, 0) is 66.5 Å². The molecule has 0 spiro atoms. The van der Waals surface area contributed by atoms with Gasteiger partial charge in [-0.25, -0.2) is 0 Å². The van der Waals surface area contributed by atoms with Crippen molar-refractivity contribution in [2.75, 3.05) is 11.8 Å². The van der Waals surface area contributed by atoms with Gasteiger partial charge in [0.05, 0.1) is 12.8 Å². The van der Waals surface area contributed by atoms with Gasteiger partial charge in [0, 0.05) is 21.7 Å². The van der Waals surface area contributed by atoms with Crippen LogP contribution in [0.5, 0.6) is 5.75 Å². The summed E-state index contributed by atoms with van der Waals surface area (Å²) in [6, 6.07) is 18.1. The number of carbonyl (C=O) groups is 1. The Kier molecular flexibility index (Phi) is 5.58. The van der Waals surface area contributed by atoms with Gasteiger partial charge in [-0.15, -0.1) is 0 Å². The van der Waals surface area contributed by atoms with E-state index in [0.29, 0.717) is 22.0 Å². The van der Waals surface area contributed by atoms with Gasteiger partial charge in [0.25, 0.3) is 0 Å². The molecule has 1 aromatic heterocycles. The lowest BCUT2D eigenvalue weighted by Gasteiger charge is -2.11. The number of nitrogens with zero attached hydrogens (tertiary/aromatic N) is 1. The first-order valence-corrected chi connectivity index (χ1v) is 8.69. The normalized spacial score (nSPS) is 10.3. The maximum Gasteiger partial charge on any atom is 0.213 e. The molecular formula is C19H15ClN2O2S. The third kappa shape index (κ3) is 4.32. The second-order valence-electron chi connectivity index (χ2n) is 5.11. The number of methoxy groups -OCH3 is 1. The zero-order valence-electron chi connectivity index (χ0n) is 13.4. The quantitative estimate of drug-likeness (QED) is 0.483. The monoisotopic (exact) mass is 370 g/mol. The highest BCUT2D eigenvalue weighted by molar-refractivity contribution is 8.00. The summed E-state index contributed by atoms with van der Waals surface area (Å²) >= 11 is 7.48. The Balaban J connectivity index is 1.82. The summed E-state index contributed by atoms with van der Waals surface area (Å²) in [7, 11) is 1.63. The summed E-state index contributed by atoms with van der Waals surface area (Å²) in [5, 5.41) is 0.499. The summed E-state index contributed by atoms with van der Waals surface area (Å²) in [4.78, 5) is 17.8. The molecule has 126 valence electrons. The molecule has 0 amide bonds. The Morgan fingerprint density at radius 1 is 1.12 bits per heavy atom. The minimum absolute atomic E-state index is 0.180. The molecule has 2 aromatic carbocycles. The van der Waals surface area contributed by atoms with Crippen LogP contribution in [0.3, 0.4) is 0 Å². The zero-order valence-corrected chi connectivity index (χ0v) is 15.0. The van der Waals surface area contributed by atoms with Crippen LogP contribution in [-0.2, 0) is 0 Å². The summed E-state index contributed by atoms with van der Waals surface area (Å²) in [5.74, 6) is 0.614. The van der Waals surface area contributed by atoms with Gasteiger partial charge >= 0.3 is 0 Å². The van der Waals surface area contributed by atoms with Crippen molar-refractivity contribution in [3.8, 4) is 5.75 Å². The molecule has 0 aliphatic carbocycles. The maximum absolute atomic E-state index is 12.7. The van der Waals surface area contributed by atoms with E-state index in [1.165, 1.54) is 11.9 Å². The molecule has 0 saturated carbocycles. The number of rotatable bonds is 6. The molecule has 0 atom stereocenters. The molecule has 0 bridgehead atoms. The van der Waals surface area contributed by atoms with Crippen molar-refractivity contribution in [1.29, 1.82) is 0 Å². The van der Waals surface area contributed by atoms with Crippen molar-refractivity contribution in [3.05, 3.63) is 83.1 Å². The van der Waals surface area contributed by atoms with Gasteiger partial charge in [0.2, 0.25) is 5.78 Å². The molecular weight excluding hydrogens is 356 g/mol. The topological polar surface area (TPSA) is 51.2 Å². The second kappa shape index (κ2) is 8.05. The minimum atomic E-state index is -0.180. The largest absolute Gasteiger partial charge is 0.497 e. The molecule has 0 radical (unpaired) electrons. The fraction of sp³-hybridized carbons (Fsp3) is 0.0526. The number of nitrogens with one attached hydrogen (secondary N) is 1. The van der Waals surface area contributed by atoms with Crippen molar-refractivity contribution < 1.29 is 9.53 Å². The van der Waals surface area contributed by atoms with Crippen LogP contribution in [-0.4, -0.2) is 17.9 Å². The molecule has 0 aliphatic heterocycles. The molecule has 25 heavy (non-hydrogen) atoms. The Labute approximate surface area is 155 Å². The SMILES string of the molecule is COc1ccc(SNc2ccc(Cl)cc2C(=O)c2ccccn2)cc1. The molecule has 1 heterocycles. The van der Waals surface area contributed by atoms with Crippen LogP contribution in [0.15, 0.2) is 71.8 Å². The minimum Gasteiger partial charge on any atom is -0.497 e. The van der Waals surface area contributed by atoms with Crippen molar-refractivity contribution in [1.82, 2.24) is 4.98 Å². The first-order chi connectivity index (χ1) is 12.2. The summed E-state index contributed by atoms with van der Waals surface area (Å²) in [5.41, 5.74) is 1.54. The van der Waals surface area contributed by atoms with Crippen molar-refractivity contribution in [2.45, 2.75) is 4.90 Å². The van der Waals surface area contributed by atoms with E-state index < -0.39 is 0 Å². The van der Waals surface area contributed by atoms with E-state index in [1.807, 2.05) is 24.3 Å². The molecule has 3 aromatic rings. The summed E-state index contributed by atoms with van der Waals surface area (Å²) in [6.45, 7) is 0. The molecule has 0 saturated heterocycles. The van der Waals surface area contributed by atoms with Crippen molar-refractivity contribution in [3.63, 3.8) is 0 Å². The number of aromatic nitrogens is 1. The van der Waals surface area contributed by atoms with Crippen LogP contribution < -0.4 is 9.46 Å². The first-order valence-electron chi connectivity index (χ1n) is 7.49. The maximum atomic E-state index is 12.7. The number of carbonyl (C=O) groups excluding carboxylic acids is 1. The second-order valence-corrected chi connectivity index (χ2v) is 6.43. The van der Waals surface area contributed by atoms with E-state index in [0.717, 1.165) is 10.6 Å². The third-order valence-corrected chi connectivity index (χ3v) is 4.53. The number of hydrogen-bond acceptors (Lipinski definition) is 5. The summed E-state index contributed by atoms with van der Waals surface area (Å²) < 4.78 is 8.36. The van der Waals surface area contributed by atoms with Crippen LogP contribution in [0.2, 0.25) is 5.02 Å². The van der Waals surface area contributed by atoms with Crippen LogP contribution in [0, 0.1) is 0 Å². The smallest absolute Gasteiger partial charge is 0.213 e. The predicted octanol–water partition coefficient (Wildman–Crippen LogP) is 5.09. The summed E-state index contributed by atoms with van der Waals surface area (Å²) in [6.07, 6.45) is 1.59. The Morgan fingerprint density at radius 3 is 2.60 bits per heavy atom. The van der Waals surface area contributed by atoms with E-state index in [4.69, 9.17) is 16.3 Å². The Bertz CT molecular complexity index is 870. The Morgan fingerprint density at radius 2 is 1.92 bits per heavy atom. The predicted molar refractivity (Wildman–Crippen MR) is 102 cm³/mol. The number of anilines is 1. The molecule has 4 nitrogen and oxygen atoms in total. The molecule has 0 fully saturated rings. The van der Waals surface area contributed by atoms with Gasteiger partial charge in [-0.3, -0.25) is 9.78 Å². The van der Waals surface area contributed by atoms with Gasteiger partial charge in [-0.2, -0.15) is 0 Å². The molecule has 0 unspecified atom stereocenters. The number of pyridine rings is 1. The van der Waals surface area contributed by atoms with E-state index in [2.05, 4.69) is 9.71 Å². The van der Waals surface area contributed by atoms with Gasteiger partial charge < -0.3 is 9.46 Å². The van der Waals surface area contributed by atoms with Crippen LogP contribution in [0.4, 0.5) is 5.69 Å². The highest BCUT2D eigenvalue weighted by Crippen LogP contribution is 2.28. The molecule has 3 rings (SSSR count). The lowest BCUT2D eigenvalue weighted by Crippen LogP contribution is -2.06. The zero-order chi connectivity index (χ0) is 17.6. The molecule has 0 aliphatic rings. The lowest BCUT2D eigenvalue weighted by molar-refractivity contribution is 0.103. The number of ketones is 1. The third-order valence-electron chi connectivity index (χ3n) is 3.46. The highest BCUT2D eigenvalue weighted by atomic mass is 35.5. The number of hydrogen-bond donors (Lipinski definition) is 1. The molecule has 1 N–H and O–H groups in total. The van der Waals surface area contributed by atoms with E-state index in [1.54, 1.807) is 49.7 Å². The van der Waals surface area contributed by atoms with E-state index >= 15 is 0 Å². The van der Waals surface area contributed by atoms with Crippen LogP contribution >= 0.6 is 23.5 Å². The van der Waals surface area contributed by atoms with Crippen LogP contribution in [0.1, 0.15) is 16.1 Å². The average molecular weight is 371 g/mol. The average Bonchev–Trinajstić information content (AvgIpc) is 2.67. The number of halogens is 1. The fourth-order valence-corrected chi connectivity index (χ4v) is 3.04. The molecule has 6 heteroatoms. The van der Waals surface area contributed by atoms with E-state index in [-0.39, 0.29) is 5.78 Å². The van der Waals surface area contributed by atoms with Gasteiger partial charge in [-0.1, -0.05) is 17.7 Å². The Hall–Kier alpha value is -2.50. The van der Waals surface area contributed by atoms with Crippen LogP contribution in [0.25, 0.3) is 0 Å². The number of ether oxygens (including phenoxy) is 1. The highest BCUT2D eigenvalue weighted by Gasteiger charge is 2.15. The van der Waals surface area contributed by atoms with Crippen molar-refractivity contribution >= 4 is 35.0 Å². The lowest BCUT2D eigenvalue weighted by atomic mass is 10.1. The number of benzene rings is 2. The standard InChI is InChI=1S/C19H15ClN2O2S/c1-24-14-6-8-15(9-7-14)25-22-17-10-5-13(20)12-16(17)19(23)18-4-2-3-11-21-18/h2-12,22H,1H3. The van der Waals surface area contributed by atoms with Gasteiger partial charge in [0.15, 0.2) is 0 Å². The van der Waals surface area contributed by atoms with Gasteiger partial charge in [0.1, 0.15) is 11.4 Å². The van der Waals surface area contributed by atoms with E-state index in [9.17, 15) is 4.79 Å². The first kappa shape index (κ1) is 17.3. The fourth-order valence-electron chi connectivity index (χ4n) is 2.19.